The summed E-state index contributed by atoms with van der Waals surface area (Å²) in [7, 11) is 0. The number of hydrogen-bond acceptors (Lipinski definition) is 3. The van der Waals surface area contributed by atoms with Crippen LogP contribution >= 0.6 is 11.6 Å². The van der Waals surface area contributed by atoms with Gasteiger partial charge < -0.3 is 9.47 Å². The summed E-state index contributed by atoms with van der Waals surface area (Å²) in [6.45, 7) is 3.19. The van der Waals surface area contributed by atoms with Crippen LogP contribution in [0.3, 0.4) is 0 Å². The average Bonchev–Trinajstić information content (AvgIpc) is 2.49. The Kier molecular flexibility index (Phi) is 2.54. The number of rotatable bonds is 2. The first kappa shape index (κ1) is 12.1. The molecule has 0 saturated heterocycles. The summed E-state index contributed by atoms with van der Waals surface area (Å²) in [5, 5.41) is -0.580. The van der Waals surface area contributed by atoms with E-state index in [1.165, 1.54) is 18.2 Å². The molecule has 0 saturated carbocycles. The minimum absolute atomic E-state index is 0.0587. The lowest BCUT2D eigenvalue weighted by atomic mass is 9.86. The maximum absolute atomic E-state index is 12.8. The summed E-state index contributed by atoms with van der Waals surface area (Å²) in [4.78, 5) is 11.2. The molecule has 0 spiro atoms. The number of ether oxygens (including phenoxy) is 2. The van der Waals surface area contributed by atoms with Crippen molar-refractivity contribution in [2.24, 2.45) is 0 Å². The minimum Gasteiger partial charge on any atom is -0.395 e. The fourth-order valence-corrected chi connectivity index (χ4v) is 1.56. The molecule has 17 heavy (non-hydrogen) atoms. The molecule has 0 aromatic heterocycles. The third kappa shape index (κ3) is 2.07. The highest BCUT2D eigenvalue weighted by molar-refractivity contribution is 6.65. The van der Waals surface area contributed by atoms with Gasteiger partial charge in [-0.15, -0.1) is 8.78 Å². The summed E-state index contributed by atoms with van der Waals surface area (Å²) in [5.74, 6) is -0.157. The summed E-state index contributed by atoms with van der Waals surface area (Å²) in [6, 6.07) is 4.16. The summed E-state index contributed by atoms with van der Waals surface area (Å²) in [6.07, 6.45) is -3.66. The van der Waals surface area contributed by atoms with Gasteiger partial charge in [0.15, 0.2) is 11.5 Å². The van der Waals surface area contributed by atoms with E-state index in [4.69, 9.17) is 11.6 Å². The molecule has 2 rings (SSSR count). The Morgan fingerprint density at radius 3 is 2.47 bits per heavy atom. The zero-order valence-electron chi connectivity index (χ0n) is 9.09. The van der Waals surface area contributed by atoms with Gasteiger partial charge in [0.1, 0.15) is 0 Å². The van der Waals surface area contributed by atoms with E-state index in [0.717, 1.165) is 0 Å². The topological polar surface area (TPSA) is 35.5 Å². The molecule has 0 aliphatic carbocycles. The third-order valence-electron chi connectivity index (χ3n) is 2.61. The Bertz CT molecular complexity index is 486. The molecular weight excluding hydrogens is 254 g/mol. The first-order chi connectivity index (χ1) is 7.72. The van der Waals surface area contributed by atoms with Crippen molar-refractivity contribution in [3.8, 4) is 11.5 Å². The molecule has 6 heteroatoms. The van der Waals surface area contributed by atoms with E-state index < -0.39 is 17.0 Å². The maximum atomic E-state index is 12.8. The quantitative estimate of drug-likeness (QED) is 0.769. The average molecular weight is 263 g/mol. The number of benzene rings is 1. The van der Waals surface area contributed by atoms with E-state index in [-0.39, 0.29) is 11.5 Å². The molecule has 0 amide bonds. The molecule has 0 fully saturated rings. The normalized spacial score (nSPS) is 17.0. The van der Waals surface area contributed by atoms with Crippen LogP contribution in [-0.2, 0) is 10.2 Å². The van der Waals surface area contributed by atoms with Crippen molar-refractivity contribution in [2.45, 2.75) is 25.6 Å². The Hall–Kier alpha value is -1.36. The lowest BCUT2D eigenvalue weighted by Crippen LogP contribution is -2.26. The zero-order chi connectivity index (χ0) is 12.8. The Morgan fingerprint density at radius 1 is 1.29 bits per heavy atom. The second kappa shape index (κ2) is 3.57. The Morgan fingerprint density at radius 2 is 1.88 bits per heavy atom. The molecule has 1 aliphatic heterocycles. The van der Waals surface area contributed by atoms with Gasteiger partial charge in [-0.1, -0.05) is 6.07 Å². The van der Waals surface area contributed by atoms with E-state index >= 15 is 0 Å². The van der Waals surface area contributed by atoms with E-state index in [2.05, 4.69) is 9.47 Å². The second-order valence-corrected chi connectivity index (χ2v) is 4.57. The Labute approximate surface area is 101 Å². The SMILES string of the molecule is CC(C)(C(=O)Cl)c1ccc2c(c1)OC(F)(F)O2. The standard InChI is InChI=1S/C11H9ClF2O3/c1-10(2,9(12)15)6-3-4-7-8(5-6)17-11(13,14)16-7/h3-5H,1-2H3. The molecule has 0 N–H and O–H groups in total. The first-order valence-corrected chi connectivity index (χ1v) is 5.20. The number of halogens is 3. The highest BCUT2D eigenvalue weighted by Crippen LogP contribution is 2.43. The van der Waals surface area contributed by atoms with E-state index in [0.29, 0.717) is 5.56 Å². The number of hydrogen-bond donors (Lipinski definition) is 0. The molecule has 0 atom stereocenters. The number of carbonyl (C=O) groups excluding carboxylic acids is 1. The van der Waals surface area contributed by atoms with Gasteiger partial charge in [0.2, 0.25) is 5.24 Å². The third-order valence-corrected chi connectivity index (χ3v) is 3.09. The molecule has 1 aromatic carbocycles. The predicted octanol–water partition coefficient (Wildman–Crippen LogP) is 3.05. The van der Waals surface area contributed by atoms with Crippen LogP contribution in [0.15, 0.2) is 18.2 Å². The largest absolute Gasteiger partial charge is 0.586 e. The zero-order valence-corrected chi connectivity index (χ0v) is 9.85. The van der Waals surface area contributed by atoms with Crippen LogP contribution < -0.4 is 9.47 Å². The molecule has 0 radical (unpaired) electrons. The molecule has 3 nitrogen and oxygen atoms in total. The predicted molar refractivity (Wildman–Crippen MR) is 56.5 cm³/mol. The summed E-state index contributed by atoms with van der Waals surface area (Å²) >= 11 is 5.45. The molecule has 1 aromatic rings. The number of carbonyl (C=O) groups is 1. The van der Waals surface area contributed by atoms with Crippen LogP contribution in [-0.4, -0.2) is 11.5 Å². The monoisotopic (exact) mass is 262 g/mol. The van der Waals surface area contributed by atoms with Crippen LogP contribution in [0.25, 0.3) is 0 Å². The van der Waals surface area contributed by atoms with Crippen molar-refractivity contribution in [3.05, 3.63) is 23.8 Å². The maximum Gasteiger partial charge on any atom is 0.586 e. The van der Waals surface area contributed by atoms with Crippen molar-refractivity contribution in [1.29, 1.82) is 0 Å². The van der Waals surface area contributed by atoms with Crippen LogP contribution in [0.4, 0.5) is 8.78 Å². The molecule has 0 bridgehead atoms. The smallest absolute Gasteiger partial charge is 0.395 e. The second-order valence-electron chi connectivity index (χ2n) is 4.23. The van der Waals surface area contributed by atoms with Crippen molar-refractivity contribution >= 4 is 16.8 Å². The van der Waals surface area contributed by atoms with Gasteiger partial charge in [-0.2, -0.15) is 0 Å². The van der Waals surface area contributed by atoms with Crippen LogP contribution in [0.5, 0.6) is 11.5 Å². The van der Waals surface area contributed by atoms with Crippen molar-refractivity contribution in [3.63, 3.8) is 0 Å². The summed E-state index contributed by atoms with van der Waals surface area (Å²) in [5.41, 5.74) is -0.491. The summed E-state index contributed by atoms with van der Waals surface area (Å²) < 4.78 is 34.1. The fourth-order valence-electron chi connectivity index (χ4n) is 1.45. The van der Waals surface area contributed by atoms with Gasteiger partial charge in [0.05, 0.1) is 5.41 Å². The van der Waals surface area contributed by atoms with Crippen molar-refractivity contribution in [2.75, 3.05) is 0 Å². The van der Waals surface area contributed by atoms with Gasteiger partial charge in [0, 0.05) is 0 Å². The molecule has 1 heterocycles. The minimum atomic E-state index is -3.66. The highest BCUT2D eigenvalue weighted by Gasteiger charge is 2.44. The van der Waals surface area contributed by atoms with Gasteiger partial charge in [-0.3, -0.25) is 4.79 Å². The van der Waals surface area contributed by atoms with Crippen molar-refractivity contribution < 1.29 is 23.0 Å². The molecule has 0 unspecified atom stereocenters. The molecule has 1 aliphatic rings. The van der Waals surface area contributed by atoms with E-state index in [9.17, 15) is 13.6 Å². The van der Waals surface area contributed by atoms with Crippen molar-refractivity contribution in [1.82, 2.24) is 0 Å². The van der Waals surface area contributed by atoms with E-state index in [1.54, 1.807) is 13.8 Å². The lowest BCUT2D eigenvalue weighted by molar-refractivity contribution is -0.286. The van der Waals surface area contributed by atoms with Gasteiger partial charge >= 0.3 is 6.29 Å². The van der Waals surface area contributed by atoms with Crippen LogP contribution in [0, 0.1) is 0 Å². The first-order valence-electron chi connectivity index (χ1n) is 4.83. The van der Waals surface area contributed by atoms with Crippen LogP contribution in [0.1, 0.15) is 19.4 Å². The number of alkyl halides is 2. The van der Waals surface area contributed by atoms with E-state index in [1.807, 2.05) is 0 Å². The van der Waals surface area contributed by atoms with Gasteiger partial charge in [0.25, 0.3) is 0 Å². The Balaban J connectivity index is 2.41. The highest BCUT2D eigenvalue weighted by atomic mass is 35.5. The van der Waals surface area contributed by atoms with Gasteiger partial charge in [-0.25, -0.2) is 0 Å². The van der Waals surface area contributed by atoms with Crippen LogP contribution in [0.2, 0.25) is 0 Å². The van der Waals surface area contributed by atoms with Gasteiger partial charge in [-0.05, 0) is 43.1 Å². The molecule has 92 valence electrons. The fraction of sp³-hybridized carbons (Fsp3) is 0.364. The number of fused-ring (bicyclic) bond motifs is 1. The molecular formula is C11H9ClF2O3. The lowest BCUT2D eigenvalue weighted by Gasteiger charge is -2.20.